The van der Waals surface area contributed by atoms with E-state index in [-0.39, 0.29) is 10.9 Å². The number of carbonyl (C=O) groups excluding carboxylic acids is 1. The Balaban J connectivity index is 0.000000289. The largest absolute Gasteiger partial charge is 0.460 e. The zero-order valence-electron chi connectivity index (χ0n) is 15.8. The van der Waals surface area contributed by atoms with Crippen LogP contribution >= 0.6 is 0 Å². The summed E-state index contributed by atoms with van der Waals surface area (Å²) in [4.78, 5) is 11.4. The minimum atomic E-state index is -4.02. The molecule has 27 heavy (non-hydrogen) atoms. The van der Waals surface area contributed by atoms with Crippen molar-refractivity contribution >= 4 is 16.1 Å². The van der Waals surface area contributed by atoms with Crippen LogP contribution in [0, 0.1) is 12.8 Å². The molecule has 0 aliphatic carbocycles. The van der Waals surface area contributed by atoms with Gasteiger partial charge in [0.2, 0.25) is 0 Å². The number of hydrogen-bond donors (Lipinski definition) is 2. The van der Waals surface area contributed by atoms with Crippen molar-refractivity contribution < 1.29 is 22.5 Å². The highest BCUT2D eigenvalue weighted by Crippen LogP contribution is 2.08. The second kappa shape index (κ2) is 10.8. The third-order valence-electron chi connectivity index (χ3n) is 3.57. The summed E-state index contributed by atoms with van der Waals surface area (Å²) in [5.41, 5.74) is 7.64. The van der Waals surface area contributed by atoms with Crippen molar-refractivity contribution in [3.63, 3.8) is 0 Å². The molecule has 6 nitrogen and oxygen atoms in total. The first-order valence-corrected chi connectivity index (χ1v) is 10.0. The van der Waals surface area contributed by atoms with Crippen LogP contribution in [-0.4, -0.2) is 25.0 Å². The van der Waals surface area contributed by atoms with Gasteiger partial charge in [-0.1, -0.05) is 61.9 Å². The van der Waals surface area contributed by atoms with Gasteiger partial charge in [0.25, 0.3) is 10.1 Å². The van der Waals surface area contributed by atoms with Gasteiger partial charge in [-0.3, -0.25) is 9.35 Å². The van der Waals surface area contributed by atoms with E-state index in [1.54, 1.807) is 12.1 Å². The predicted octanol–water partition coefficient (Wildman–Crippen LogP) is 3.34. The Kier molecular flexibility index (Phi) is 9.14. The standard InChI is InChI=1S/C13H19NO2.C7H8O3S/c1-10(2)8-12(14)13(15)16-9-11-6-4-3-5-7-11;1-6-2-4-7(5-3-6)11(8,9)10/h3-7,10,12H,8-9,14H2,1-2H3;2-5H,1H3,(H,8,9,10)/t12-;/m1./s1. The van der Waals surface area contributed by atoms with Crippen molar-refractivity contribution in [2.75, 3.05) is 0 Å². The van der Waals surface area contributed by atoms with Gasteiger partial charge in [-0.15, -0.1) is 0 Å². The molecule has 0 aliphatic heterocycles. The van der Waals surface area contributed by atoms with E-state index in [4.69, 9.17) is 15.0 Å². The number of ether oxygens (including phenoxy) is 1. The highest BCUT2D eigenvalue weighted by molar-refractivity contribution is 7.85. The van der Waals surface area contributed by atoms with Crippen LogP contribution < -0.4 is 5.73 Å². The topological polar surface area (TPSA) is 107 Å². The van der Waals surface area contributed by atoms with Crippen LogP contribution in [-0.2, 0) is 26.3 Å². The summed E-state index contributed by atoms with van der Waals surface area (Å²) < 4.78 is 34.7. The summed E-state index contributed by atoms with van der Waals surface area (Å²) in [6, 6.07) is 15.1. The van der Waals surface area contributed by atoms with Gasteiger partial charge in [0.05, 0.1) is 4.90 Å². The van der Waals surface area contributed by atoms with Crippen LogP contribution in [0.15, 0.2) is 59.5 Å². The smallest absolute Gasteiger partial charge is 0.323 e. The Labute approximate surface area is 161 Å². The van der Waals surface area contributed by atoms with Gasteiger partial charge < -0.3 is 10.5 Å². The first-order valence-electron chi connectivity index (χ1n) is 8.60. The van der Waals surface area contributed by atoms with Crippen molar-refractivity contribution in [3.05, 3.63) is 65.7 Å². The summed E-state index contributed by atoms with van der Waals surface area (Å²) in [6.45, 7) is 6.20. The molecule has 0 amide bonds. The van der Waals surface area contributed by atoms with E-state index >= 15 is 0 Å². The fourth-order valence-corrected chi connectivity index (χ4v) is 2.63. The van der Waals surface area contributed by atoms with Gasteiger partial charge in [-0.25, -0.2) is 0 Å². The summed E-state index contributed by atoms with van der Waals surface area (Å²) in [5.74, 6) is 0.0804. The monoisotopic (exact) mass is 393 g/mol. The molecule has 0 bridgehead atoms. The molecule has 2 aromatic rings. The Morgan fingerprint density at radius 1 is 1.07 bits per heavy atom. The average Bonchev–Trinajstić information content (AvgIpc) is 2.60. The molecule has 0 aliphatic rings. The van der Waals surface area contributed by atoms with E-state index in [0.29, 0.717) is 18.9 Å². The number of benzene rings is 2. The predicted molar refractivity (Wildman–Crippen MR) is 105 cm³/mol. The lowest BCUT2D eigenvalue weighted by molar-refractivity contribution is -0.146. The maximum Gasteiger partial charge on any atom is 0.323 e. The van der Waals surface area contributed by atoms with E-state index in [1.165, 1.54) is 12.1 Å². The van der Waals surface area contributed by atoms with Gasteiger partial charge in [0.1, 0.15) is 12.6 Å². The Morgan fingerprint density at radius 3 is 2.11 bits per heavy atom. The lowest BCUT2D eigenvalue weighted by atomic mass is 10.1. The summed E-state index contributed by atoms with van der Waals surface area (Å²) in [5, 5.41) is 0. The molecule has 7 heteroatoms. The molecule has 2 aromatic carbocycles. The minimum absolute atomic E-state index is 0.0666. The van der Waals surface area contributed by atoms with Crippen LogP contribution in [0.2, 0.25) is 0 Å². The Hall–Kier alpha value is -2.22. The second-order valence-corrected chi connectivity index (χ2v) is 8.04. The number of nitrogens with two attached hydrogens (primary N) is 1. The van der Waals surface area contributed by atoms with Gasteiger partial charge >= 0.3 is 5.97 Å². The molecule has 0 aromatic heterocycles. The van der Waals surface area contributed by atoms with Crippen molar-refractivity contribution in [1.29, 1.82) is 0 Å². The van der Waals surface area contributed by atoms with Gasteiger partial charge in [-0.05, 0) is 37.0 Å². The molecule has 0 unspecified atom stereocenters. The molecule has 0 saturated carbocycles. The quantitative estimate of drug-likeness (QED) is 0.576. The van der Waals surface area contributed by atoms with E-state index in [0.717, 1.165) is 11.1 Å². The fourth-order valence-electron chi connectivity index (χ4n) is 2.15. The maximum absolute atomic E-state index is 11.5. The minimum Gasteiger partial charge on any atom is -0.460 e. The van der Waals surface area contributed by atoms with Crippen LogP contribution in [0.3, 0.4) is 0 Å². The highest BCUT2D eigenvalue weighted by atomic mass is 32.2. The van der Waals surface area contributed by atoms with E-state index in [9.17, 15) is 13.2 Å². The van der Waals surface area contributed by atoms with Crippen LogP contribution in [0.5, 0.6) is 0 Å². The zero-order chi connectivity index (χ0) is 20.4. The number of aryl methyl sites for hydroxylation is 1. The Bertz CT molecular complexity index is 802. The fraction of sp³-hybridized carbons (Fsp3) is 0.350. The molecule has 0 heterocycles. The lowest BCUT2D eigenvalue weighted by Crippen LogP contribution is -2.33. The molecule has 0 radical (unpaired) electrons. The normalized spacial score (nSPS) is 12.1. The molecule has 0 spiro atoms. The van der Waals surface area contributed by atoms with E-state index in [2.05, 4.69) is 0 Å². The lowest BCUT2D eigenvalue weighted by Gasteiger charge is -2.13. The number of rotatable bonds is 6. The summed E-state index contributed by atoms with van der Waals surface area (Å²) in [7, 11) is -4.02. The van der Waals surface area contributed by atoms with E-state index in [1.807, 2.05) is 51.1 Å². The van der Waals surface area contributed by atoms with Gasteiger partial charge in [0, 0.05) is 0 Å². The molecule has 2 rings (SSSR count). The maximum atomic E-state index is 11.5. The molecule has 1 atom stereocenters. The van der Waals surface area contributed by atoms with Gasteiger partial charge in [0.15, 0.2) is 0 Å². The summed E-state index contributed by atoms with van der Waals surface area (Å²) in [6.07, 6.45) is 0.660. The molecule has 148 valence electrons. The zero-order valence-corrected chi connectivity index (χ0v) is 16.6. The van der Waals surface area contributed by atoms with Crippen molar-refractivity contribution in [2.45, 2.75) is 44.7 Å². The van der Waals surface area contributed by atoms with Crippen molar-refractivity contribution in [1.82, 2.24) is 0 Å². The SMILES string of the molecule is CC(C)C[C@@H](N)C(=O)OCc1ccccc1.Cc1ccc(S(=O)(=O)O)cc1. The van der Waals surface area contributed by atoms with Crippen LogP contribution in [0.25, 0.3) is 0 Å². The third kappa shape index (κ3) is 9.33. The number of hydrogen-bond acceptors (Lipinski definition) is 5. The molecular formula is C20H27NO5S. The summed E-state index contributed by atoms with van der Waals surface area (Å²) >= 11 is 0. The molecule has 3 N–H and O–H groups in total. The average molecular weight is 394 g/mol. The highest BCUT2D eigenvalue weighted by Gasteiger charge is 2.16. The first-order chi connectivity index (χ1) is 12.6. The number of carbonyl (C=O) groups is 1. The van der Waals surface area contributed by atoms with Crippen LogP contribution in [0.4, 0.5) is 0 Å². The molecule has 0 saturated heterocycles. The van der Waals surface area contributed by atoms with Crippen LogP contribution in [0.1, 0.15) is 31.4 Å². The first kappa shape index (κ1) is 22.8. The number of esters is 1. The van der Waals surface area contributed by atoms with Crippen molar-refractivity contribution in [3.8, 4) is 0 Å². The molecular weight excluding hydrogens is 366 g/mol. The van der Waals surface area contributed by atoms with Gasteiger partial charge in [-0.2, -0.15) is 8.42 Å². The molecule has 0 fully saturated rings. The van der Waals surface area contributed by atoms with E-state index < -0.39 is 16.2 Å². The second-order valence-electron chi connectivity index (χ2n) is 6.62. The Morgan fingerprint density at radius 2 is 1.63 bits per heavy atom. The third-order valence-corrected chi connectivity index (χ3v) is 4.44. The van der Waals surface area contributed by atoms with Crippen molar-refractivity contribution in [2.24, 2.45) is 11.7 Å².